The van der Waals surface area contributed by atoms with Crippen LogP contribution in [0.5, 0.6) is 0 Å². The third-order valence-electron chi connectivity index (χ3n) is 3.17. The predicted octanol–water partition coefficient (Wildman–Crippen LogP) is 2.78. The molecule has 4 nitrogen and oxygen atoms in total. The van der Waals surface area contributed by atoms with E-state index in [4.69, 9.17) is 5.73 Å². The Hall–Kier alpha value is -1.97. The molecule has 4 heteroatoms. The Morgan fingerprint density at radius 1 is 1.05 bits per heavy atom. The molecule has 0 fully saturated rings. The zero-order valence-electron chi connectivity index (χ0n) is 11.9. The lowest BCUT2D eigenvalue weighted by molar-refractivity contribution is 0.743. The summed E-state index contributed by atoms with van der Waals surface area (Å²) in [4.78, 5) is 12.9. The van der Waals surface area contributed by atoms with Crippen LogP contribution >= 0.6 is 0 Å². The number of benzene rings is 1. The smallest absolute Gasteiger partial charge is 0.223 e. The second-order valence-electron chi connectivity index (χ2n) is 5.22. The molecule has 0 unspecified atom stereocenters. The van der Waals surface area contributed by atoms with E-state index in [1.165, 1.54) is 16.7 Å². The van der Waals surface area contributed by atoms with Crippen molar-refractivity contribution in [1.29, 1.82) is 0 Å². The molecule has 0 saturated heterocycles. The maximum absolute atomic E-state index is 5.74. The van der Waals surface area contributed by atoms with Crippen molar-refractivity contribution in [2.24, 2.45) is 0 Å². The van der Waals surface area contributed by atoms with E-state index in [1.54, 1.807) is 0 Å². The van der Waals surface area contributed by atoms with Gasteiger partial charge in [0.05, 0.1) is 0 Å². The molecule has 0 aliphatic rings. The molecule has 0 aliphatic carbocycles. The number of nitrogen functional groups attached to an aromatic ring is 1. The molecule has 0 atom stereocenters. The SMILES string of the molecule is Cc1ccc(Cc2nc(N)nc(C(C)C)n2)cc1C. The molecule has 0 aliphatic heterocycles. The highest BCUT2D eigenvalue weighted by Gasteiger charge is 2.08. The van der Waals surface area contributed by atoms with Crippen LogP contribution in [-0.4, -0.2) is 15.0 Å². The number of rotatable bonds is 3. The topological polar surface area (TPSA) is 64.7 Å². The van der Waals surface area contributed by atoms with Gasteiger partial charge in [0.1, 0.15) is 11.6 Å². The number of nitrogens with zero attached hydrogens (tertiary/aromatic N) is 3. The lowest BCUT2D eigenvalue weighted by atomic mass is 10.0. The van der Waals surface area contributed by atoms with Crippen molar-refractivity contribution < 1.29 is 0 Å². The third-order valence-corrected chi connectivity index (χ3v) is 3.17. The monoisotopic (exact) mass is 256 g/mol. The number of aromatic nitrogens is 3. The highest BCUT2D eigenvalue weighted by molar-refractivity contribution is 5.32. The summed E-state index contributed by atoms with van der Waals surface area (Å²) < 4.78 is 0. The van der Waals surface area contributed by atoms with Crippen molar-refractivity contribution in [3.8, 4) is 0 Å². The maximum Gasteiger partial charge on any atom is 0.223 e. The molecule has 0 radical (unpaired) electrons. The predicted molar refractivity (Wildman–Crippen MR) is 77.1 cm³/mol. The van der Waals surface area contributed by atoms with Crippen LogP contribution in [0.4, 0.5) is 5.95 Å². The summed E-state index contributed by atoms with van der Waals surface area (Å²) in [6.45, 7) is 8.32. The summed E-state index contributed by atoms with van der Waals surface area (Å²) in [5.74, 6) is 2.05. The summed E-state index contributed by atoms with van der Waals surface area (Å²) in [5.41, 5.74) is 9.51. The zero-order chi connectivity index (χ0) is 14.0. The standard InChI is InChI=1S/C15H20N4/c1-9(2)14-17-13(18-15(16)19-14)8-12-6-5-10(3)11(4)7-12/h5-7,9H,8H2,1-4H3,(H2,16,17,18,19). The van der Waals surface area contributed by atoms with Gasteiger partial charge in [-0.15, -0.1) is 0 Å². The van der Waals surface area contributed by atoms with E-state index in [0.29, 0.717) is 12.4 Å². The number of hydrogen-bond donors (Lipinski definition) is 1. The second kappa shape index (κ2) is 5.34. The molecule has 1 aromatic heterocycles. The summed E-state index contributed by atoms with van der Waals surface area (Å²) >= 11 is 0. The Labute approximate surface area is 114 Å². The molecule has 100 valence electrons. The van der Waals surface area contributed by atoms with Crippen LogP contribution in [0.1, 0.15) is 48.1 Å². The van der Waals surface area contributed by atoms with Crippen molar-refractivity contribution in [3.05, 3.63) is 46.5 Å². The first-order valence-corrected chi connectivity index (χ1v) is 6.52. The molecular formula is C15H20N4. The second-order valence-corrected chi connectivity index (χ2v) is 5.22. The molecule has 0 amide bonds. The van der Waals surface area contributed by atoms with E-state index in [2.05, 4.69) is 60.8 Å². The van der Waals surface area contributed by atoms with E-state index in [0.717, 1.165) is 11.6 Å². The molecule has 0 saturated carbocycles. The van der Waals surface area contributed by atoms with E-state index < -0.39 is 0 Å². The largest absolute Gasteiger partial charge is 0.368 e. The summed E-state index contributed by atoms with van der Waals surface area (Å²) in [6, 6.07) is 6.40. The van der Waals surface area contributed by atoms with Crippen LogP contribution in [-0.2, 0) is 6.42 Å². The van der Waals surface area contributed by atoms with Crippen LogP contribution in [0.15, 0.2) is 18.2 Å². The van der Waals surface area contributed by atoms with Crippen LogP contribution < -0.4 is 5.73 Å². The van der Waals surface area contributed by atoms with Gasteiger partial charge < -0.3 is 5.73 Å². The first-order valence-electron chi connectivity index (χ1n) is 6.52. The first kappa shape index (κ1) is 13.5. The quantitative estimate of drug-likeness (QED) is 0.917. The van der Waals surface area contributed by atoms with E-state index >= 15 is 0 Å². The van der Waals surface area contributed by atoms with E-state index in [-0.39, 0.29) is 5.92 Å². The zero-order valence-corrected chi connectivity index (χ0v) is 11.9. The third kappa shape index (κ3) is 3.28. The van der Waals surface area contributed by atoms with Gasteiger partial charge in [0, 0.05) is 12.3 Å². The van der Waals surface area contributed by atoms with Gasteiger partial charge in [-0.25, -0.2) is 4.98 Å². The molecule has 2 rings (SSSR count). The van der Waals surface area contributed by atoms with Crippen molar-refractivity contribution in [2.75, 3.05) is 5.73 Å². The minimum absolute atomic E-state index is 0.254. The normalized spacial score (nSPS) is 11.0. The summed E-state index contributed by atoms with van der Waals surface area (Å²) in [5, 5.41) is 0. The fraction of sp³-hybridized carbons (Fsp3) is 0.400. The highest BCUT2D eigenvalue weighted by atomic mass is 15.1. The average Bonchev–Trinajstić information content (AvgIpc) is 2.33. The lowest BCUT2D eigenvalue weighted by Crippen LogP contribution is -2.09. The van der Waals surface area contributed by atoms with Gasteiger partial charge in [-0.05, 0) is 30.5 Å². The number of nitrogens with two attached hydrogens (primary N) is 1. The number of anilines is 1. The van der Waals surface area contributed by atoms with Crippen molar-refractivity contribution >= 4 is 5.95 Å². The van der Waals surface area contributed by atoms with Crippen LogP contribution in [0.3, 0.4) is 0 Å². The van der Waals surface area contributed by atoms with Crippen LogP contribution in [0, 0.1) is 13.8 Å². The Bertz CT molecular complexity index is 591. The fourth-order valence-electron chi connectivity index (χ4n) is 1.89. The van der Waals surface area contributed by atoms with Crippen molar-refractivity contribution in [2.45, 2.75) is 40.0 Å². The van der Waals surface area contributed by atoms with Gasteiger partial charge in [0.15, 0.2) is 0 Å². The molecular weight excluding hydrogens is 236 g/mol. The molecule has 19 heavy (non-hydrogen) atoms. The summed E-state index contributed by atoms with van der Waals surface area (Å²) in [7, 11) is 0. The molecule has 0 bridgehead atoms. The van der Waals surface area contributed by atoms with E-state index in [1.807, 2.05) is 0 Å². The van der Waals surface area contributed by atoms with Gasteiger partial charge in [-0.1, -0.05) is 32.0 Å². The van der Waals surface area contributed by atoms with E-state index in [9.17, 15) is 0 Å². The van der Waals surface area contributed by atoms with Gasteiger partial charge in [0.2, 0.25) is 5.95 Å². The minimum atomic E-state index is 0.254. The Balaban J connectivity index is 2.29. The van der Waals surface area contributed by atoms with Gasteiger partial charge in [0.25, 0.3) is 0 Å². The molecule has 2 aromatic rings. The number of aryl methyl sites for hydroxylation is 2. The highest BCUT2D eigenvalue weighted by Crippen LogP contribution is 2.15. The fourth-order valence-corrected chi connectivity index (χ4v) is 1.89. The van der Waals surface area contributed by atoms with Crippen LogP contribution in [0.25, 0.3) is 0 Å². The Kier molecular flexibility index (Phi) is 3.79. The van der Waals surface area contributed by atoms with Crippen molar-refractivity contribution in [1.82, 2.24) is 15.0 Å². The Morgan fingerprint density at radius 3 is 2.42 bits per heavy atom. The number of hydrogen-bond acceptors (Lipinski definition) is 4. The maximum atomic E-state index is 5.74. The minimum Gasteiger partial charge on any atom is -0.368 e. The average molecular weight is 256 g/mol. The lowest BCUT2D eigenvalue weighted by Gasteiger charge is -2.08. The molecule has 1 heterocycles. The van der Waals surface area contributed by atoms with Crippen LogP contribution in [0.2, 0.25) is 0 Å². The van der Waals surface area contributed by atoms with Gasteiger partial charge in [-0.3, -0.25) is 0 Å². The van der Waals surface area contributed by atoms with Gasteiger partial charge in [-0.2, -0.15) is 9.97 Å². The first-order chi connectivity index (χ1) is 8.95. The molecule has 2 N–H and O–H groups in total. The molecule has 1 aromatic carbocycles. The Morgan fingerprint density at radius 2 is 1.79 bits per heavy atom. The summed E-state index contributed by atoms with van der Waals surface area (Å²) in [6.07, 6.45) is 0.688. The molecule has 0 spiro atoms. The van der Waals surface area contributed by atoms with Gasteiger partial charge >= 0.3 is 0 Å². The van der Waals surface area contributed by atoms with Crippen molar-refractivity contribution in [3.63, 3.8) is 0 Å².